The molecule has 174 valence electrons. The van der Waals surface area contributed by atoms with Crippen molar-refractivity contribution in [1.29, 1.82) is 5.26 Å². The number of para-hydroxylation sites is 1. The molecule has 1 aromatic heterocycles. The summed E-state index contributed by atoms with van der Waals surface area (Å²) in [6.45, 7) is 0. The SMILES string of the molecule is COc1ccc(-c2cc(-c3ccccc3)nc(SCC(=O)Nc3c(Cl)cccc3Cl)c2C#N)cc1. The van der Waals surface area contributed by atoms with Crippen LogP contribution in [0.5, 0.6) is 5.75 Å². The number of carbonyl (C=O) groups excluding carboxylic acids is 1. The normalized spacial score (nSPS) is 10.5. The number of hydrogen-bond donors (Lipinski definition) is 1. The molecule has 1 N–H and O–H groups in total. The first-order valence-electron chi connectivity index (χ1n) is 10.5. The molecule has 0 spiro atoms. The maximum Gasteiger partial charge on any atom is 0.234 e. The third-order valence-corrected chi connectivity index (χ3v) is 6.74. The highest BCUT2D eigenvalue weighted by atomic mass is 35.5. The Bertz CT molecular complexity index is 1380. The Morgan fingerprint density at radius 1 is 1.00 bits per heavy atom. The minimum Gasteiger partial charge on any atom is -0.497 e. The van der Waals surface area contributed by atoms with E-state index in [9.17, 15) is 10.1 Å². The van der Waals surface area contributed by atoms with Gasteiger partial charge in [0.15, 0.2) is 0 Å². The molecule has 5 nitrogen and oxygen atoms in total. The number of rotatable bonds is 7. The summed E-state index contributed by atoms with van der Waals surface area (Å²) in [5.41, 5.74) is 3.92. The average molecular weight is 520 g/mol. The fourth-order valence-corrected chi connectivity index (χ4v) is 4.71. The van der Waals surface area contributed by atoms with Gasteiger partial charge in [0, 0.05) is 11.1 Å². The van der Waals surface area contributed by atoms with Crippen molar-refractivity contribution in [3.8, 4) is 34.2 Å². The van der Waals surface area contributed by atoms with Crippen molar-refractivity contribution in [2.75, 3.05) is 18.2 Å². The van der Waals surface area contributed by atoms with Crippen LogP contribution in [0.25, 0.3) is 22.4 Å². The molecule has 0 aliphatic heterocycles. The number of hydrogen-bond acceptors (Lipinski definition) is 5. The Hall–Kier alpha value is -3.50. The number of nitrogens with one attached hydrogen (secondary N) is 1. The number of nitrogens with zero attached hydrogens (tertiary/aromatic N) is 2. The molecule has 0 aliphatic rings. The van der Waals surface area contributed by atoms with Crippen LogP contribution in [0.1, 0.15) is 5.56 Å². The summed E-state index contributed by atoms with van der Waals surface area (Å²) in [6.07, 6.45) is 0. The van der Waals surface area contributed by atoms with Gasteiger partial charge in [-0.05, 0) is 35.9 Å². The maximum atomic E-state index is 12.7. The van der Waals surface area contributed by atoms with Gasteiger partial charge in [-0.2, -0.15) is 5.26 Å². The van der Waals surface area contributed by atoms with Crippen LogP contribution in [-0.2, 0) is 4.79 Å². The lowest BCUT2D eigenvalue weighted by atomic mass is 9.99. The van der Waals surface area contributed by atoms with Gasteiger partial charge in [-0.3, -0.25) is 4.79 Å². The van der Waals surface area contributed by atoms with Gasteiger partial charge in [-0.1, -0.05) is 83.5 Å². The summed E-state index contributed by atoms with van der Waals surface area (Å²) >= 11 is 13.5. The van der Waals surface area contributed by atoms with Gasteiger partial charge in [-0.15, -0.1) is 0 Å². The zero-order valence-corrected chi connectivity index (χ0v) is 20.9. The van der Waals surface area contributed by atoms with Crippen molar-refractivity contribution in [1.82, 2.24) is 4.98 Å². The van der Waals surface area contributed by atoms with Gasteiger partial charge in [-0.25, -0.2) is 4.98 Å². The van der Waals surface area contributed by atoms with Crippen molar-refractivity contribution in [2.45, 2.75) is 5.03 Å². The van der Waals surface area contributed by atoms with E-state index in [2.05, 4.69) is 11.4 Å². The first-order valence-corrected chi connectivity index (χ1v) is 12.3. The minimum absolute atomic E-state index is 0.0174. The fourth-order valence-electron chi connectivity index (χ4n) is 3.42. The van der Waals surface area contributed by atoms with Gasteiger partial charge in [0.1, 0.15) is 16.8 Å². The van der Waals surface area contributed by atoms with Crippen LogP contribution in [0.2, 0.25) is 10.0 Å². The number of thioether (sulfide) groups is 1. The molecule has 3 aromatic carbocycles. The topological polar surface area (TPSA) is 75.0 Å². The minimum atomic E-state index is -0.313. The summed E-state index contributed by atoms with van der Waals surface area (Å²) in [4.78, 5) is 17.4. The van der Waals surface area contributed by atoms with Crippen LogP contribution < -0.4 is 10.1 Å². The number of halogens is 2. The monoisotopic (exact) mass is 519 g/mol. The fraction of sp³-hybridized carbons (Fsp3) is 0.0741. The molecule has 0 saturated heterocycles. The molecular weight excluding hydrogens is 501 g/mol. The predicted molar refractivity (Wildman–Crippen MR) is 142 cm³/mol. The van der Waals surface area contributed by atoms with Gasteiger partial charge >= 0.3 is 0 Å². The highest BCUT2D eigenvalue weighted by Crippen LogP contribution is 2.35. The number of nitriles is 1. The third kappa shape index (κ3) is 5.77. The highest BCUT2D eigenvalue weighted by molar-refractivity contribution is 8.00. The quantitative estimate of drug-likeness (QED) is 0.258. The lowest BCUT2D eigenvalue weighted by Gasteiger charge is -2.13. The van der Waals surface area contributed by atoms with Crippen molar-refractivity contribution in [3.05, 3.63) is 94.5 Å². The van der Waals surface area contributed by atoms with Crippen molar-refractivity contribution >= 4 is 46.6 Å². The number of methoxy groups -OCH3 is 1. The van der Waals surface area contributed by atoms with Crippen LogP contribution in [-0.4, -0.2) is 23.8 Å². The van der Waals surface area contributed by atoms with Crippen LogP contribution in [0.3, 0.4) is 0 Å². The molecule has 4 aromatic rings. The van der Waals surface area contributed by atoms with E-state index in [-0.39, 0.29) is 11.7 Å². The summed E-state index contributed by atoms with van der Waals surface area (Å²) in [6, 6.07) is 26.3. The number of ether oxygens (including phenoxy) is 1. The van der Waals surface area contributed by atoms with Crippen molar-refractivity contribution < 1.29 is 9.53 Å². The molecule has 0 bridgehead atoms. The molecule has 8 heteroatoms. The molecule has 35 heavy (non-hydrogen) atoms. The smallest absolute Gasteiger partial charge is 0.234 e. The molecule has 0 radical (unpaired) electrons. The van der Waals surface area contributed by atoms with E-state index in [4.69, 9.17) is 32.9 Å². The number of amides is 1. The maximum absolute atomic E-state index is 12.7. The van der Waals surface area contributed by atoms with E-state index >= 15 is 0 Å². The second kappa shape index (κ2) is 11.3. The summed E-state index contributed by atoms with van der Waals surface area (Å²) in [5, 5.41) is 13.9. The van der Waals surface area contributed by atoms with Gasteiger partial charge in [0.25, 0.3) is 0 Å². The Balaban J connectivity index is 1.69. The largest absolute Gasteiger partial charge is 0.497 e. The van der Waals surface area contributed by atoms with E-state index in [1.54, 1.807) is 25.3 Å². The van der Waals surface area contributed by atoms with E-state index in [1.165, 1.54) is 11.8 Å². The summed E-state index contributed by atoms with van der Waals surface area (Å²) in [5.74, 6) is 0.421. The van der Waals surface area contributed by atoms with Gasteiger partial charge < -0.3 is 10.1 Å². The summed E-state index contributed by atoms with van der Waals surface area (Å²) < 4.78 is 5.26. The first-order chi connectivity index (χ1) is 17.0. The lowest BCUT2D eigenvalue weighted by molar-refractivity contribution is -0.113. The van der Waals surface area contributed by atoms with E-state index < -0.39 is 0 Å². The Morgan fingerprint density at radius 3 is 2.31 bits per heavy atom. The van der Waals surface area contributed by atoms with Crippen LogP contribution in [0.4, 0.5) is 5.69 Å². The molecular formula is C27H19Cl2N3O2S. The van der Waals surface area contributed by atoms with Crippen molar-refractivity contribution in [2.24, 2.45) is 0 Å². The van der Waals surface area contributed by atoms with Crippen LogP contribution >= 0.6 is 35.0 Å². The van der Waals surface area contributed by atoms with Crippen LogP contribution in [0, 0.1) is 11.3 Å². The summed E-state index contributed by atoms with van der Waals surface area (Å²) in [7, 11) is 1.60. The van der Waals surface area contributed by atoms with Gasteiger partial charge in [0.05, 0.1) is 39.9 Å². The molecule has 1 heterocycles. The number of benzene rings is 3. The molecule has 0 saturated carbocycles. The molecule has 4 rings (SSSR count). The predicted octanol–water partition coefficient (Wildman–Crippen LogP) is 7.33. The number of carbonyl (C=O) groups is 1. The molecule has 0 aliphatic carbocycles. The second-order valence-electron chi connectivity index (χ2n) is 7.38. The van der Waals surface area contributed by atoms with Crippen molar-refractivity contribution in [3.63, 3.8) is 0 Å². The van der Waals surface area contributed by atoms with Gasteiger partial charge in [0.2, 0.25) is 5.91 Å². The highest BCUT2D eigenvalue weighted by Gasteiger charge is 2.18. The number of anilines is 1. The Morgan fingerprint density at radius 2 is 1.69 bits per heavy atom. The molecule has 0 atom stereocenters. The average Bonchev–Trinajstić information content (AvgIpc) is 2.89. The Labute approximate surface area is 217 Å². The zero-order valence-electron chi connectivity index (χ0n) is 18.6. The molecule has 1 amide bonds. The van der Waals surface area contributed by atoms with E-state index in [0.29, 0.717) is 37.8 Å². The lowest BCUT2D eigenvalue weighted by Crippen LogP contribution is -2.15. The number of pyridine rings is 1. The van der Waals surface area contributed by atoms with E-state index in [1.807, 2.05) is 60.7 Å². The van der Waals surface area contributed by atoms with Crippen LogP contribution in [0.15, 0.2) is 83.9 Å². The Kier molecular flexibility index (Phi) is 7.94. The second-order valence-corrected chi connectivity index (χ2v) is 9.15. The first kappa shape index (κ1) is 24.6. The number of aromatic nitrogens is 1. The standard InChI is InChI=1S/C27H19Cl2N3O2S/c1-34-19-12-10-17(11-13-19)20-14-24(18-6-3-2-4-7-18)31-27(21(20)15-30)35-16-25(33)32-26-22(28)8-5-9-23(26)29/h2-14H,16H2,1H3,(H,32,33). The molecule has 0 unspecified atom stereocenters. The van der Waals surface area contributed by atoms with E-state index in [0.717, 1.165) is 16.7 Å². The molecule has 0 fully saturated rings. The third-order valence-electron chi connectivity index (χ3n) is 5.14. The zero-order chi connectivity index (χ0) is 24.8.